The molecule has 0 aliphatic rings. The van der Waals surface area contributed by atoms with E-state index < -0.39 is 0 Å². The molecule has 0 bridgehead atoms. The van der Waals surface area contributed by atoms with Crippen LogP contribution in [0.15, 0.2) is 66.7 Å². The lowest BCUT2D eigenvalue weighted by Crippen LogP contribution is -2.31. The SMILES string of the molecule is C=C(C)C(=O)NCCc1nc2ccccc2n1CC(=O)N(C)Cc1ccccc1. The average molecular weight is 390 g/mol. The second kappa shape index (κ2) is 9.19. The highest BCUT2D eigenvalue weighted by Crippen LogP contribution is 2.17. The van der Waals surface area contributed by atoms with Crippen molar-refractivity contribution in [3.63, 3.8) is 0 Å². The minimum absolute atomic E-state index is 0.00391. The van der Waals surface area contributed by atoms with Crippen molar-refractivity contribution >= 4 is 22.8 Å². The van der Waals surface area contributed by atoms with E-state index in [1.54, 1.807) is 18.9 Å². The van der Waals surface area contributed by atoms with E-state index in [0.29, 0.717) is 25.1 Å². The van der Waals surface area contributed by atoms with Crippen LogP contribution in [0.3, 0.4) is 0 Å². The van der Waals surface area contributed by atoms with E-state index in [-0.39, 0.29) is 18.4 Å². The van der Waals surface area contributed by atoms with Crippen LogP contribution < -0.4 is 5.32 Å². The zero-order valence-electron chi connectivity index (χ0n) is 16.9. The van der Waals surface area contributed by atoms with Crippen molar-refractivity contribution in [1.29, 1.82) is 0 Å². The topological polar surface area (TPSA) is 67.2 Å². The number of rotatable bonds is 8. The van der Waals surface area contributed by atoms with Gasteiger partial charge in [-0.3, -0.25) is 9.59 Å². The Morgan fingerprint density at radius 3 is 2.52 bits per heavy atom. The number of para-hydroxylation sites is 2. The van der Waals surface area contributed by atoms with Gasteiger partial charge in [0.15, 0.2) is 0 Å². The molecule has 0 saturated heterocycles. The minimum Gasteiger partial charge on any atom is -0.352 e. The Balaban J connectivity index is 1.75. The first kappa shape index (κ1) is 20.3. The summed E-state index contributed by atoms with van der Waals surface area (Å²) in [5.41, 5.74) is 3.31. The van der Waals surface area contributed by atoms with E-state index in [1.807, 2.05) is 59.2 Å². The van der Waals surface area contributed by atoms with Crippen molar-refractivity contribution in [3.8, 4) is 0 Å². The van der Waals surface area contributed by atoms with Crippen LogP contribution in [0.25, 0.3) is 11.0 Å². The van der Waals surface area contributed by atoms with Crippen LogP contribution in [-0.4, -0.2) is 39.9 Å². The van der Waals surface area contributed by atoms with E-state index >= 15 is 0 Å². The van der Waals surface area contributed by atoms with Gasteiger partial charge in [0.05, 0.1) is 11.0 Å². The number of nitrogens with one attached hydrogen (secondary N) is 1. The number of amides is 2. The molecule has 3 aromatic rings. The number of benzene rings is 2. The van der Waals surface area contributed by atoms with Crippen molar-refractivity contribution in [1.82, 2.24) is 19.8 Å². The zero-order valence-corrected chi connectivity index (χ0v) is 16.9. The van der Waals surface area contributed by atoms with Crippen LogP contribution in [0.4, 0.5) is 0 Å². The molecular formula is C23H26N4O2. The molecule has 0 saturated carbocycles. The number of carbonyl (C=O) groups is 2. The molecular weight excluding hydrogens is 364 g/mol. The molecule has 6 heteroatoms. The van der Waals surface area contributed by atoms with Crippen LogP contribution in [0.5, 0.6) is 0 Å². The van der Waals surface area contributed by atoms with E-state index in [0.717, 1.165) is 22.4 Å². The van der Waals surface area contributed by atoms with Crippen LogP contribution in [0.2, 0.25) is 0 Å². The normalized spacial score (nSPS) is 10.7. The fourth-order valence-electron chi connectivity index (χ4n) is 3.13. The van der Waals surface area contributed by atoms with Gasteiger partial charge in [0, 0.05) is 32.1 Å². The Labute approximate surface area is 170 Å². The van der Waals surface area contributed by atoms with Crippen LogP contribution in [0.1, 0.15) is 18.3 Å². The largest absolute Gasteiger partial charge is 0.352 e. The number of fused-ring (bicyclic) bond motifs is 1. The first-order chi connectivity index (χ1) is 14.0. The Bertz CT molecular complexity index is 1020. The molecule has 0 spiro atoms. The number of aromatic nitrogens is 2. The van der Waals surface area contributed by atoms with Gasteiger partial charge in [-0.25, -0.2) is 4.98 Å². The number of likely N-dealkylation sites (N-methyl/N-ethyl adjacent to an activating group) is 1. The maximum atomic E-state index is 12.9. The third kappa shape index (κ3) is 5.10. The van der Waals surface area contributed by atoms with E-state index in [4.69, 9.17) is 0 Å². The third-order valence-electron chi connectivity index (χ3n) is 4.74. The number of nitrogens with zero attached hydrogens (tertiary/aromatic N) is 3. The summed E-state index contributed by atoms with van der Waals surface area (Å²) in [6.45, 7) is 6.50. The monoisotopic (exact) mass is 390 g/mol. The van der Waals surface area contributed by atoms with Crippen molar-refractivity contribution in [2.75, 3.05) is 13.6 Å². The molecule has 0 fully saturated rings. The molecule has 3 rings (SSSR count). The molecule has 0 aliphatic heterocycles. The highest BCUT2D eigenvalue weighted by Gasteiger charge is 2.16. The quantitative estimate of drug-likeness (QED) is 0.602. The van der Waals surface area contributed by atoms with E-state index in [9.17, 15) is 9.59 Å². The Morgan fingerprint density at radius 1 is 1.10 bits per heavy atom. The fraction of sp³-hybridized carbons (Fsp3) is 0.261. The van der Waals surface area contributed by atoms with Crippen molar-refractivity contribution in [2.45, 2.75) is 26.4 Å². The lowest BCUT2D eigenvalue weighted by molar-refractivity contribution is -0.131. The summed E-state index contributed by atoms with van der Waals surface area (Å²) >= 11 is 0. The maximum Gasteiger partial charge on any atom is 0.246 e. The highest BCUT2D eigenvalue weighted by molar-refractivity contribution is 5.92. The van der Waals surface area contributed by atoms with Crippen LogP contribution >= 0.6 is 0 Å². The van der Waals surface area contributed by atoms with Gasteiger partial charge >= 0.3 is 0 Å². The fourth-order valence-corrected chi connectivity index (χ4v) is 3.13. The molecule has 0 radical (unpaired) electrons. The molecule has 1 aromatic heterocycles. The van der Waals surface area contributed by atoms with Gasteiger partial charge in [-0.2, -0.15) is 0 Å². The second-order valence-electron chi connectivity index (χ2n) is 7.12. The molecule has 0 aliphatic carbocycles. The van der Waals surface area contributed by atoms with Gasteiger partial charge in [-0.15, -0.1) is 0 Å². The molecule has 0 atom stereocenters. The summed E-state index contributed by atoms with van der Waals surface area (Å²) in [7, 11) is 1.81. The summed E-state index contributed by atoms with van der Waals surface area (Å²) in [6, 6.07) is 17.7. The maximum absolute atomic E-state index is 12.9. The number of hydrogen-bond acceptors (Lipinski definition) is 3. The molecule has 1 N–H and O–H groups in total. The third-order valence-corrected chi connectivity index (χ3v) is 4.74. The molecule has 2 amide bonds. The zero-order chi connectivity index (χ0) is 20.8. The lowest BCUT2D eigenvalue weighted by Gasteiger charge is -2.19. The summed E-state index contributed by atoms with van der Waals surface area (Å²) in [4.78, 5) is 31.0. The standard InChI is InChI=1S/C23H26N4O2/c1-17(2)23(29)24-14-13-21-25-19-11-7-8-12-20(19)27(21)16-22(28)26(3)15-18-9-5-4-6-10-18/h4-12H,1,13-16H2,2-3H3,(H,24,29). The molecule has 1 heterocycles. The van der Waals surface area contributed by atoms with Crippen LogP contribution in [0, 0.1) is 0 Å². The van der Waals surface area contributed by atoms with Gasteiger partial charge in [0.25, 0.3) is 0 Å². The van der Waals surface area contributed by atoms with E-state index in [1.165, 1.54) is 0 Å². The van der Waals surface area contributed by atoms with Gasteiger partial charge in [0.1, 0.15) is 12.4 Å². The van der Waals surface area contributed by atoms with Crippen LogP contribution in [-0.2, 0) is 29.1 Å². The van der Waals surface area contributed by atoms with Gasteiger partial charge < -0.3 is 14.8 Å². The summed E-state index contributed by atoms with van der Waals surface area (Å²) in [5, 5.41) is 2.82. The Kier molecular flexibility index (Phi) is 6.44. The van der Waals surface area contributed by atoms with Gasteiger partial charge in [0.2, 0.25) is 11.8 Å². The minimum atomic E-state index is -0.175. The summed E-state index contributed by atoms with van der Waals surface area (Å²) < 4.78 is 1.94. The molecule has 29 heavy (non-hydrogen) atoms. The summed E-state index contributed by atoms with van der Waals surface area (Å²) in [6.07, 6.45) is 0.531. The molecule has 6 nitrogen and oxygen atoms in total. The van der Waals surface area contributed by atoms with Crippen molar-refractivity contribution < 1.29 is 9.59 Å². The van der Waals surface area contributed by atoms with Crippen molar-refractivity contribution in [3.05, 3.63) is 78.1 Å². The van der Waals surface area contributed by atoms with Gasteiger partial charge in [-0.05, 0) is 24.6 Å². The second-order valence-corrected chi connectivity index (χ2v) is 7.12. The first-order valence-electron chi connectivity index (χ1n) is 9.61. The predicted octanol–water partition coefficient (Wildman–Crippen LogP) is 2.93. The van der Waals surface area contributed by atoms with E-state index in [2.05, 4.69) is 16.9 Å². The molecule has 2 aromatic carbocycles. The molecule has 0 unspecified atom stereocenters. The van der Waals surface area contributed by atoms with Gasteiger partial charge in [-0.1, -0.05) is 49.0 Å². The smallest absolute Gasteiger partial charge is 0.246 e. The summed E-state index contributed by atoms with van der Waals surface area (Å²) in [5.74, 6) is 0.602. The Hall–Kier alpha value is -3.41. The predicted molar refractivity (Wildman–Crippen MR) is 114 cm³/mol. The van der Waals surface area contributed by atoms with Crippen molar-refractivity contribution in [2.24, 2.45) is 0 Å². The highest BCUT2D eigenvalue weighted by atomic mass is 16.2. The molecule has 150 valence electrons. The Morgan fingerprint density at radius 2 is 1.79 bits per heavy atom. The number of imidazole rings is 1. The number of carbonyl (C=O) groups excluding carboxylic acids is 2. The average Bonchev–Trinajstić information content (AvgIpc) is 3.06. The first-order valence-corrected chi connectivity index (χ1v) is 9.61. The number of hydrogen-bond donors (Lipinski definition) is 1. The lowest BCUT2D eigenvalue weighted by atomic mass is 10.2.